The summed E-state index contributed by atoms with van der Waals surface area (Å²) in [7, 11) is 0. The Morgan fingerprint density at radius 3 is 2.68 bits per heavy atom. The smallest absolute Gasteiger partial charge is 0.248 e. The van der Waals surface area contributed by atoms with E-state index in [-0.39, 0.29) is 24.5 Å². The molecule has 0 amide bonds. The van der Waals surface area contributed by atoms with Crippen LogP contribution in [-0.4, -0.2) is 24.8 Å². The van der Waals surface area contributed by atoms with Gasteiger partial charge in [-0.25, -0.2) is 8.78 Å². The number of hydrogen-bond donors (Lipinski definition) is 1. The summed E-state index contributed by atoms with van der Waals surface area (Å²) in [5, 5.41) is 3.34. The Hall–Kier alpha value is -0.510. The molecule has 1 aliphatic heterocycles. The highest BCUT2D eigenvalue weighted by Crippen LogP contribution is 2.38. The van der Waals surface area contributed by atoms with Crippen LogP contribution in [0.1, 0.15) is 57.8 Å². The molecule has 0 spiro atoms. The number of carbonyl (C=O) groups is 1. The van der Waals surface area contributed by atoms with Crippen molar-refractivity contribution in [2.75, 3.05) is 13.1 Å². The van der Waals surface area contributed by atoms with Crippen LogP contribution in [-0.2, 0) is 4.79 Å². The van der Waals surface area contributed by atoms with Crippen molar-refractivity contribution in [2.24, 2.45) is 11.8 Å². The first-order chi connectivity index (χ1) is 9.05. The van der Waals surface area contributed by atoms with Gasteiger partial charge in [0.25, 0.3) is 0 Å². The van der Waals surface area contributed by atoms with Crippen LogP contribution in [0.15, 0.2) is 0 Å². The normalized spacial score (nSPS) is 31.1. The first kappa shape index (κ1) is 14.9. The van der Waals surface area contributed by atoms with Crippen LogP contribution in [0.2, 0.25) is 0 Å². The van der Waals surface area contributed by atoms with Gasteiger partial charge in [0, 0.05) is 25.7 Å². The molecule has 1 N–H and O–H groups in total. The second-order valence-corrected chi connectivity index (χ2v) is 6.31. The average Bonchev–Trinajstić information content (AvgIpc) is 2.36. The third kappa shape index (κ3) is 5.17. The van der Waals surface area contributed by atoms with E-state index in [0.717, 1.165) is 25.9 Å². The van der Waals surface area contributed by atoms with E-state index in [1.165, 1.54) is 12.8 Å². The van der Waals surface area contributed by atoms with E-state index in [2.05, 4.69) is 5.32 Å². The van der Waals surface area contributed by atoms with Crippen LogP contribution >= 0.6 is 0 Å². The summed E-state index contributed by atoms with van der Waals surface area (Å²) in [5.74, 6) is -1.82. The Morgan fingerprint density at radius 2 is 2.00 bits per heavy atom. The van der Waals surface area contributed by atoms with Crippen molar-refractivity contribution in [2.45, 2.75) is 63.7 Å². The van der Waals surface area contributed by atoms with E-state index in [1.54, 1.807) is 0 Å². The zero-order valence-corrected chi connectivity index (χ0v) is 11.6. The van der Waals surface area contributed by atoms with Crippen molar-refractivity contribution in [3.63, 3.8) is 0 Å². The summed E-state index contributed by atoms with van der Waals surface area (Å²) in [6.45, 7) is 2.09. The van der Waals surface area contributed by atoms with Crippen LogP contribution in [0.5, 0.6) is 0 Å². The highest BCUT2D eigenvalue weighted by atomic mass is 19.3. The number of alkyl halides is 2. The fourth-order valence-corrected chi connectivity index (χ4v) is 3.41. The van der Waals surface area contributed by atoms with Crippen LogP contribution in [0, 0.1) is 11.8 Å². The van der Waals surface area contributed by atoms with Crippen molar-refractivity contribution in [3.05, 3.63) is 0 Å². The Bertz CT molecular complexity index is 301. The first-order valence-corrected chi connectivity index (χ1v) is 7.65. The maximum atomic E-state index is 13.3. The van der Waals surface area contributed by atoms with E-state index in [1.807, 2.05) is 0 Å². The van der Waals surface area contributed by atoms with E-state index in [0.29, 0.717) is 25.2 Å². The molecule has 4 heteroatoms. The van der Waals surface area contributed by atoms with Crippen LogP contribution in [0.4, 0.5) is 8.78 Å². The number of ketones is 1. The van der Waals surface area contributed by atoms with Gasteiger partial charge in [0.05, 0.1) is 0 Å². The van der Waals surface area contributed by atoms with Crippen molar-refractivity contribution in [1.82, 2.24) is 5.32 Å². The lowest BCUT2D eigenvalue weighted by Gasteiger charge is -2.28. The predicted octanol–water partition coefficient (Wildman–Crippen LogP) is 3.55. The van der Waals surface area contributed by atoms with Crippen LogP contribution in [0.25, 0.3) is 0 Å². The molecule has 0 aromatic rings. The Balaban J connectivity index is 1.66. The number of halogens is 2. The zero-order chi connectivity index (χ0) is 13.7. The summed E-state index contributed by atoms with van der Waals surface area (Å²) < 4.78 is 26.5. The topological polar surface area (TPSA) is 29.1 Å². The molecule has 1 saturated carbocycles. The average molecular weight is 273 g/mol. The molecule has 2 fully saturated rings. The lowest BCUT2D eigenvalue weighted by Crippen LogP contribution is -2.30. The monoisotopic (exact) mass is 273 g/mol. The van der Waals surface area contributed by atoms with Crippen molar-refractivity contribution >= 4 is 5.78 Å². The number of hydrogen-bond acceptors (Lipinski definition) is 2. The molecule has 2 nitrogen and oxygen atoms in total. The Morgan fingerprint density at radius 1 is 1.21 bits per heavy atom. The van der Waals surface area contributed by atoms with E-state index < -0.39 is 5.92 Å². The lowest BCUT2D eigenvalue weighted by atomic mass is 9.82. The first-order valence-electron chi connectivity index (χ1n) is 7.65. The van der Waals surface area contributed by atoms with E-state index in [9.17, 15) is 13.6 Å². The van der Waals surface area contributed by atoms with Crippen LogP contribution in [0.3, 0.4) is 0 Å². The highest BCUT2D eigenvalue weighted by molar-refractivity contribution is 5.78. The second-order valence-electron chi connectivity index (χ2n) is 6.31. The molecule has 2 rings (SSSR count). The lowest BCUT2D eigenvalue weighted by molar-refractivity contribution is -0.122. The molecule has 110 valence electrons. The molecule has 2 atom stereocenters. The van der Waals surface area contributed by atoms with Gasteiger partial charge >= 0.3 is 0 Å². The highest BCUT2D eigenvalue weighted by Gasteiger charge is 2.36. The summed E-state index contributed by atoms with van der Waals surface area (Å²) >= 11 is 0. The minimum atomic E-state index is -2.53. The van der Waals surface area contributed by atoms with E-state index in [4.69, 9.17) is 0 Å². The molecule has 0 aromatic carbocycles. The van der Waals surface area contributed by atoms with Gasteiger partial charge in [-0.05, 0) is 57.0 Å². The molecule has 1 saturated heterocycles. The number of carbonyl (C=O) groups excluding carboxylic acids is 1. The molecule has 0 radical (unpaired) electrons. The summed E-state index contributed by atoms with van der Waals surface area (Å²) in [6.07, 6.45) is 5.55. The van der Waals surface area contributed by atoms with Gasteiger partial charge in [0.2, 0.25) is 5.92 Å². The van der Waals surface area contributed by atoms with Gasteiger partial charge in [-0.3, -0.25) is 4.79 Å². The molecule has 0 bridgehead atoms. The Labute approximate surface area is 114 Å². The second kappa shape index (κ2) is 6.78. The quantitative estimate of drug-likeness (QED) is 0.830. The number of piperidine rings is 1. The van der Waals surface area contributed by atoms with Crippen molar-refractivity contribution in [3.8, 4) is 0 Å². The summed E-state index contributed by atoms with van der Waals surface area (Å²) in [6, 6.07) is 0. The summed E-state index contributed by atoms with van der Waals surface area (Å²) in [4.78, 5) is 11.9. The standard InChI is InChI=1S/C15H25F2NO/c16-15(17)7-1-3-13(10-15)9-14(19)6-5-12-4-2-8-18-11-12/h12-13,18H,1-11H2. The van der Waals surface area contributed by atoms with Gasteiger partial charge in [-0.15, -0.1) is 0 Å². The molecule has 19 heavy (non-hydrogen) atoms. The fourth-order valence-electron chi connectivity index (χ4n) is 3.41. The van der Waals surface area contributed by atoms with Gasteiger partial charge in [0.15, 0.2) is 0 Å². The molecule has 2 aliphatic rings. The van der Waals surface area contributed by atoms with Gasteiger partial charge < -0.3 is 5.32 Å². The Kier molecular flexibility index (Phi) is 5.31. The van der Waals surface area contributed by atoms with Crippen molar-refractivity contribution in [1.29, 1.82) is 0 Å². The van der Waals surface area contributed by atoms with Gasteiger partial charge in [-0.1, -0.05) is 0 Å². The third-order valence-corrected chi connectivity index (χ3v) is 4.49. The molecular weight excluding hydrogens is 248 g/mol. The largest absolute Gasteiger partial charge is 0.316 e. The maximum Gasteiger partial charge on any atom is 0.248 e. The maximum absolute atomic E-state index is 13.3. The molecule has 0 aromatic heterocycles. The predicted molar refractivity (Wildman–Crippen MR) is 71.4 cm³/mol. The van der Waals surface area contributed by atoms with Crippen molar-refractivity contribution < 1.29 is 13.6 Å². The molecule has 2 unspecified atom stereocenters. The van der Waals surface area contributed by atoms with Gasteiger partial charge in [-0.2, -0.15) is 0 Å². The molecule has 1 aliphatic carbocycles. The van der Waals surface area contributed by atoms with Gasteiger partial charge in [0.1, 0.15) is 5.78 Å². The number of rotatable bonds is 5. The minimum absolute atomic E-state index is 0.00539. The molecular formula is C15H25F2NO. The minimum Gasteiger partial charge on any atom is -0.316 e. The number of Topliss-reactive ketones (excluding diaryl/α,β-unsaturated/α-hetero) is 1. The summed E-state index contributed by atoms with van der Waals surface area (Å²) in [5.41, 5.74) is 0. The third-order valence-electron chi connectivity index (χ3n) is 4.49. The SMILES string of the molecule is O=C(CCC1CCCNC1)CC1CCCC(F)(F)C1. The molecule has 1 heterocycles. The fraction of sp³-hybridized carbons (Fsp3) is 0.933. The number of nitrogens with one attached hydrogen (secondary N) is 1. The van der Waals surface area contributed by atoms with Crippen LogP contribution < -0.4 is 5.32 Å². The zero-order valence-electron chi connectivity index (χ0n) is 11.6. The van der Waals surface area contributed by atoms with E-state index >= 15 is 0 Å².